The lowest BCUT2D eigenvalue weighted by Gasteiger charge is -2.32. The van der Waals surface area contributed by atoms with E-state index in [1.54, 1.807) is 4.90 Å². The molecule has 0 saturated carbocycles. The molecule has 0 aromatic rings. The number of likely N-dealkylation sites (N-methyl/N-ethyl adjacent to an activating group) is 1. The van der Waals surface area contributed by atoms with Gasteiger partial charge in [-0.25, -0.2) is 4.79 Å². The van der Waals surface area contributed by atoms with Gasteiger partial charge in [-0.05, 0) is 12.5 Å². The summed E-state index contributed by atoms with van der Waals surface area (Å²) in [6, 6.07) is 0.299. The van der Waals surface area contributed by atoms with Crippen LogP contribution in [-0.2, 0) is 4.74 Å². The van der Waals surface area contributed by atoms with E-state index in [2.05, 4.69) is 26.1 Å². The van der Waals surface area contributed by atoms with Gasteiger partial charge < -0.3 is 15.0 Å². The maximum Gasteiger partial charge on any atom is 0.409 e. The van der Waals surface area contributed by atoms with E-state index >= 15 is 0 Å². The highest BCUT2D eigenvalue weighted by molar-refractivity contribution is 5.69. The van der Waals surface area contributed by atoms with Crippen molar-refractivity contribution in [2.75, 3.05) is 26.7 Å². The van der Waals surface area contributed by atoms with E-state index in [0.29, 0.717) is 19.2 Å². The Morgan fingerprint density at radius 1 is 1.57 bits per heavy atom. The van der Waals surface area contributed by atoms with Gasteiger partial charge in [-0.2, -0.15) is 0 Å². The average Bonchev–Trinajstić information content (AvgIpc) is 2.45. The summed E-state index contributed by atoms with van der Waals surface area (Å²) in [6.45, 7) is 8.45. The van der Waals surface area contributed by atoms with Crippen molar-refractivity contribution in [3.05, 3.63) is 0 Å². The SMILES string of the molecule is CN[C@H](CN1CCOC1=O)C(C)(C)C. The van der Waals surface area contributed by atoms with Crippen LogP contribution in [0.25, 0.3) is 0 Å². The molecule has 0 aliphatic carbocycles. The first-order valence-corrected chi connectivity index (χ1v) is 5.04. The molecule has 1 aliphatic heterocycles. The second-order valence-electron chi connectivity index (χ2n) is 4.77. The smallest absolute Gasteiger partial charge is 0.409 e. The Kier molecular flexibility index (Phi) is 3.37. The summed E-state index contributed by atoms with van der Waals surface area (Å²) in [5.74, 6) is 0. The maximum absolute atomic E-state index is 11.2. The Morgan fingerprint density at radius 2 is 2.21 bits per heavy atom. The summed E-state index contributed by atoms with van der Waals surface area (Å²) in [7, 11) is 1.93. The van der Waals surface area contributed by atoms with E-state index < -0.39 is 0 Å². The van der Waals surface area contributed by atoms with E-state index in [1.807, 2.05) is 7.05 Å². The summed E-state index contributed by atoms with van der Waals surface area (Å²) < 4.78 is 4.88. The molecule has 0 bridgehead atoms. The highest BCUT2D eigenvalue weighted by atomic mass is 16.6. The number of hydrogen-bond acceptors (Lipinski definition) is 3. The van der Waals surface area contributed by atoms with Crippen LogP contribution in [0.1, 0.15) is 20.8 Å². The Balaban J connectivity index is 2.52. The largest absolute Gasteiger partial charge is 0.448 e. The van der Waals surface area contributed by atoms with Crippen molar-refractivity contribution < 1.29 is 9.53 Å². The molecule has 0 spiro atoms. The number of amides is 1. The molecule has 1 N–H and O–H groups in total. The molecular weight excluding hydrogens is 180 g/mol. The first-order chi connectivity index (χ1) is 6.45. The quantitative estimate of drug-likeness (QED) is 0.741. The van der Waals surface area contributed by atoms with E-state index in [1.165, 1.54) is 0 Å². The second kappa shape index (κ2) is 4.17. The van der Waals surface area contributed by atoms with Crippen molar-refractivity contribution in [1.29, 1.82) is 0 Å². The topological polar surface area (TPSA) is 41.6 Å². The Bertz CT molecular complexity index is 211. The Labute approximate surface area is 85.6 Å². The van der Waals surface area contributed by atoms with Crippen molar-refractivity contribution in [3.63, 3.8) is 0 Å². The fourth-order valence-electron chi connectivity index (χ4n) is 1.61. The second-order valence-corrected chi connectivity index (χ2v) is 4.77. The predicted molar refractivity (Wildman–Crippen MR) is 55.2 cm³/mol. The summed E-state index contributed by atoms with van der Waals surface area (Å²) in [4.78, 5) is 13.0. The lowest BCUT2D eigenvalue weighted by atomic mass is 9.86. The number of nitrogens with zero attached hydrogens (tertiary/aromatic N) is 1. The molecule has 1 rings (SSSR count). The van der Waals surface area contributed by atoms with Gasteiger partial charge in [0, 0.05) is 12.6 Å². The van der Waals surface area contributed by atoms with Gasteiger partial charge >= 0.3 is 6.09 Å². The third-order valence-corrected chi connectivity index (χ3v) is 2.64. The molecule has 1 aliphatic rings. The van der Waals surface area contributed by atoms with Crippen LogP contribution in [0.4, 0.5) is 4.79 Å². The summed E-state index contributed by atoms with van der Waals surface area (Å²) in [5.41, 5.74) is 0.150. The fourth-order valence-corrected chi connectivity index (χ4v) is 1.61. The molecule has 0 aromatic carbocycles. The van der Waals surface area contributed by atoms with Crippen molar-refractivity contribution in [2.24, 2.45) is 5.41 Å². The third kappa shape index (κ3) is 2.61. The number of rotatable bonds is 3. The molecule has 0 unspecified atom stereocenters. The fraction of sp³-hybridized carbons (Fsp3) is 0.900. The third-order valence-electron chi connectivity index (χ3n) is 2.64. The first kappa shape index (κ1) is 11.3. The van der Waals surface area contributed by atoms with Gasteiger partial charge in [0.25, 0.3) is 0 Å². The zero-order valence-corrected chi connectivity index (χ0v) is 9.46. The molecule has 1 atom stereocenters. The summed E-state index contributed by atoms with van der Waals surface area (Å²) >= 11 is 0. The van der Waals surface area contributed by atoms with Crippen LogP contribution < -0.4 is 5.32 Å². The molecule has 1 fully saturated rings. The lowest BCUT2D eigenvalue weighted by Crippen LogP contribution is -2.47. The molecule has 4 nitrogen and oxygen atoms in total. The molecule has 0 aromatic heterocycles. The molecule has 14 heavy (non-hydrogen) atoms. The van der Waals surface area contributed by atoms with Crippen LogP contribution in [0.5, 0.6) is 0 Å². The minimum atomic E-state index is -0.186. The normalized spacial score (nSPS) is 19.7. The van der Waals surface area contributed by atoms with Crippen LogP contribution in [0, 0.1) is 5.41 Å². The van der Waals surface area contributed by atoms with Crippen molar-refractivity contribution in [3.8, 4) is 0 Å². The number of carbonyl (C=O) groups excluding carboxylic acids is 1. The van der Waals surface area contributed by atoms with Gasteiger partial charge in [0.1, 0.15) is 6.61 Å². The molecule has 4 heteroatoms. The van der Waals surface area contributed by atoms with E-state index in [-0.39, 0.29) is 11.5 Å². The highest BCUT2D eigenvalue weighted by Gasteiger charge is 2.30. The zero-order valence-electron chi connectivity index (χ0n) is 9.46. The van der Waals surface area contributed by atoms with Crippen LogP contribution in [0.2, 0.25) is 0 Å². The van der Waals surface area contributed by atoms with Gasteiger partial charge in [-0.1, -0.05) is 20.8 Å². The maximum atomic E-state index is 11.2. The summed E-state index contributed by atoms with van der Waals surface area (Å²) in [5, 5.41) is 3.24. The monoisotopic (exact) mass is 200 g/mol. The lowest BCUT2D eigenvalue weighted by molar-refractivity contribution is 0.148. The molecule has 0 radical (unpaired) electrons. The van der Waals surface area contributed by atoms with E-state index in [4.69, 9.17) is 4.74 Å². The molecule has 1 heterocycles. The van der Waals surface area contributed by atoms with Gasteiger partial charge in [0.2, 0.25) is 0 Å². The molecule has 82 valence electrons. The summed E-state index contributed by atoms with van der Waals surface area (Å²) in [6.07, 6.45) is -0.186. The van der Waals surface area contributed by atoms with Crippen LogP contribution in [0.3, 0.4) is 0 Å². The van der Waals surface area contributed by atoms with E-state index in [0.717, 1.165) is 6.54 Å². The van der Waals surface area contributed by atoms with Gasteiger partial charge in [-0.15, -0.1) is 0 Å². The average molecular weight is 200 g/mol. The predicted octanol–water partition coefficient (Wildman–Crippen LogP) is 1.07. The van der Waals surface area contributed by atoms with Gasteiger partial charge in [0.05, 0.1) is 6.54 Å². The zero-order chi connectivity index (χ0) is 10.8. The standard InChI is InChI=1S/C10H20N2O2/c1-10(2,3)8(11-4)7-12-5-6-14-9(12)13/h8,11H,5-7H2,1-4H3/t8-/m1/s1. The van der Waals surface area contributed by atoms with Crippen LogP contribution >= 0.6 is 0 Å². The Morgan fingerprint density at radius 3 is 2.57 bits per heavy atom. The first-order valence-electron chi connectivity index (χ1n) is 5.04. The minimum absolute atomic E-state index is 0.150. The van der Waals surface area contributed by atoms with Crippen molar-refractivity contribution in [2.45, 2.75) is 26.8 Å². The van der Waals surface area contributed by atoms with Crippen molar-refractivity contribution >= 4 is 6.09 Å². The van der Waals surface area contributed by atoms with Crippen molar-refractivity contribution in [1.82, 2.24) is 10.2 Å². The van der Waals surface area contributed by atoms with Crippen LogP contribution in [-0.4, -0.2) is 43.8 Å². The van der Waals surface area contributed by atoms with Gasteiger partial charge in [-0.3, -0.25) is 0 Å². The number of ether oxygens (including phenoxy) is 1. The Hall–Kier alpha value is -0.770. The molecular formula is C10H20N2O2. The molecule has 1 amide bonds. The van der Waals surface area contributed by atoms with Gasteiger partial charge in [0.15, 0.2) is 0 Å². The minimum Gasteiger partial charge on any atom is -0.448 e. The number of hydrogen-bond donors (Lipinski definition) is 1. The van der Waals surface area contributed by atoms with Crippen LogP contribution in [0.15, 0.2) is 0 Å². The highest BCUT2D eigenvalue weighted by Crippen LogP contribution is 2.20. The number of cyclic esters (lactones) is 1. The van der Waals surface area contributed by atoms with E-state index in [9.17, 15) is 4.79 Å². The molecule has 1 saturated heterocycles. The number of carbonyl (C=O) groups is 1. The number of nitrogens with one attached hydrogen (secondary N) is 1.